The SMILES string of the molecule is N#Cc1ccc(S(=O)(=O)N2CCOCC2)c(Cl)c1. The molecular weight excluding hydrogens is 276 g/mol. The van der Waals surface area contributed by atoms with Crippen LogP contribution >= 0.6 is 11.6 Å². The molecule has 0 saturated carbocycles. The monoisotopic (exact) mass is 286 g/mol. The van der Waals surface area contributed by atoms with E-state index >= 15 is 0 Å². The predicted octanol–water partition coefficient (Wildman–Crippen LogP) is 1.23. The molecule has 1 aromatic rings. The lowest BCUT2D eigenvalue weighted by atomic mass is 10.2. The summed E-state index contributed by atoms with van der Waals surface area (Å²) < 4.78 is 31.1. The third-order valence-corrected chi connectivity index (χ3v) is 5.03. The Bertz CT molecular complexity index is 589. The Hall–Kier alpha value is -1.13. The predicted molar refractivity (Wildman–Crippen MR) is 65.7 cm³/mol. The third kappa shape index (κ3) is 2.49. The number of nitrogens with zero attached hydrogens (tertiary/aromatic N) is 2. The van der Waals surface area contributed by atoms with Crippen molar-refractivity contribution in [2.45, 2.75) is 4.90 Å². The molecule has 1 aliphatic heterocycles. The van der Waals surface area contributed by atoms with Gasteiger partial charge >= 0.3 is 0 Å². The molecule has 0 atom stereocenters. The van der Waals surface area contributed by atoms with Crippen molar-refractivity contribution in [3.63, 3.8) is 0 Å². The number of ether oxygens (including phenoxy) is 1. The highest BCUT2D eigenvalue weighted by atomic mass is 35.5. The summed E-state index contributed by atoms with van der Waals surface area (Å²) in [5, 5.41) is 8.79. The minimum absolute atomic E-state index is 0.0325. The Labute approximate surface area is 111 Å². The Morgan fingerprint density at radius 1 is 1.33 bits per heavy atom. The van der Waals surface area contributed by atoms with Crippen LogP contribution in [0.3, 0.4) is 0 Å². The number of nitriles is 1. The molecule has 0 radical (unpaired) electrons. The van der Waals surface area contributed by atoms with Crippen molar-refractivity contribution in [1.82, 2.24) is 4.31 Å². The van der Waals surface area contributed by atoms with E-state index in [0.29, 0.717) is 31.9 Å². The summed E-state index contributed by atoms with van der Waals surface area (Å²) >= 11 is 5.92. The van der Waals surface area contributed by atoms with Crippen LogP contribution in [-0.4, -0.2) is 39.0 Å². The number of hydrogen-bond donors (Lipinski definition) is 0. The first-order valence-corrected chi connectivity index (χ1v) is 7.15. The third-order valence-electron chi connectivity index (χ3n) is 2.65. The van der Waals surface area contributed by atoms with Crippen molar-refractivity contribution in [2.75, 3.05) is 26.3 Å². The van der Waals surface area contributed by atoms with E-state index in [1.807, 2.05) is 6.07 Å². The molecule has 5 nitrogen and oxygen atoms in total. The van der Waals surface area contributed by atoms with Crippen LogP contribution < -0.4 is 0 Å². The van der Waals surface area contributed by atoms with Gasteiger partial charge in [0, 0.05) is 13.1 Å². The average molecular weight is 287 g/mol. The first-order valence-electron chi connectivity index (χ1n) is 5.33. The highest BCUT2D eigenvalue weighted by Crippen LogP contribution is 2.26. The van der Waals surface area contributed by atoms with Crippen molar-refractivity contribution in [1.29, 1.82) is 5.26 Å². The minimum Gasteiger partial charge on any atom is -0.379 e. The van der Waals surface area contributed by atoms with Gasteiger partial charge in [-0.05, 0) is 18.2 Å². The standard InChI is InChI=1S/C11H11ClN2O3S/c12-10-7-9(8-13)1-2-11(10)18(15,16)14-3-5-17-6-4-14/h1-2,7H,3-6H2. The molecule has 0 aliphatic carbocycles. The zero-order chi connectivity index (χ0) is 13.2. The maximum absolute atomic E-state index is 12.3. The van der Waals surface area contributed by atoms with Crippen LogP contribution in [0.15, 0.2) is 23.1 Å². The second-order valence-corrected chi connectivity index (χ2v) is 6.09. The van der Waals surface area contributed by atoms with E-state index in [2.05, 4.69) is 0 Å². The van der Waals surface area contributed by atoms with Gasteiger partial charge in [-0.15, -0.1) is 0 Å². The summed E-state index contributed by atoms with van der Waals surface area (Å²) in [5.74, 6) is 0. The zero-order valence-electron chi connectivity index (χ0n) is 9.47. The van der Waals surface area contributed by atoms with E-state index in [0.717, 1.165) is 0 Å². The van der Waals surface area contributed by atoms with Crippen molar-refractivity contribution < 1.29 is 13.2 Å². The molecule has 0 N–H and O–H groups in total. The number of halogens is 1. The topological polar surface area (TPSA) is 70.4 Å². The van der Waals surface area contributed by atoms with Crippen LogP contribution in [0.1, 0.15) is 5.56 Å². The van der Waals surface area contributed by atoms with Gasteiger partial charge in [-0.2, -0.15) is 9.57 Å². The van der Waals surface area contributed by atoms with Gasteiger partial charge in [-0.3, -0.25) is 0 Å². The summed E-state index contributed by atoms with van der Waals surface area (Å²) in [4.78, 5) is 0.0325. The molecule has 1 aromatic carbocycles. The first-order chi connectivity index (χ1) is 8.55. The highest BCUT2D eigenvalue weighted by molar-refractivity contribution is 7.89. The Kier molecular flexibility index (Phi) is 3.88. The molecule has 2 rings (SSSR count). The van der Waals surface area contributed by atoms with E-state index in [4.69, 9.17) is 21.6 Å². The van der Waals surface area contributed by atoms with Gasteiger partial charge in [0.05, 0.1) is 29.9 Å². The van der Waals surface area contributed by atoms with Gasteiger partial charge in [-0.1, -0.05) is 11.6 Å². The summed E-state index contributed by atoms with van der Waals surface area (Å²) in [6.07, 6.45) is 0. The average Bonchev–Trinajstić information content (AvgIpc) is 2.39. The lowest BCUT2D eigenvalue weighted by molar-refractivity contribution is 0.0730. The van der Waals surface area contributed by atoms with Crippen LogP contribution in [0.25, 0.3) is 0 Å². The molecular formula is C11H11ClN2O3S. The molecule has 0 spiro atoms. The molecule has 0 bridgehead atoms. The Morgan fingerprint density at radius 2 is 2.00 bits per heavy atom. The van der Waals surface area contributed by atoms with Gasteiger partial charge in [0.15, 0.2) is 0 Å². The summed E-state index contributed by atoms with van der Waals surface area (Å²) in [6, 6.07) is 6.08. The Balaban J connectivity index is 2.38. The van der Waals surface area contributed by atoms with Crippen molar-refractivity contribution in [3.05, 3.63) is 28.8 Å². The number of rotatable bonds is 2. The summed E-state index contributed by atoms with van der Waals surface area (Å²) in [7, 11) is -3.61. The maximum atomic E-state index is 12.3. The fourth-order valence-corrected chi connectivity index (χ4v) is 3.63. The van der Waals surface area contributed by atoms with Gasteiger partial charge in [-0.25, -0.2) is 8.42 Å². The van der Waals surface area contributed by atoms with E-state index in [1.54, 1.807) is 0 Å². The van der Waals surface area contributed by atoms with Crippen molar-refractivity contribution in [2.24, 2.45) is 0 Å². The van der Waals surface area contributed by atoms with Crippen LogP contribution in [0, 0.1) is 11.3 Å². The van der Waals surface area contributed by atoms with E-state index < -0.39 is 10.0 Å². The van der Waals surface area contributed by atoms with Gasteiger partial charge in [0.2, 0.25) is 10.0 Å². The molecule has 1 heterocycles. The lowest BCUT2D eigenvalue weighted by Crippen LogP contribution is -2.40. The number of benzene rings is 1. The number of sulfonamides is 1. The molecule has 7 heteroatoms. The maximum Gasteiger partial charge on any atom is 0.244 e. The highest BCUT2D eigenvalue weighted by Gasteiger charge is 2.28. The van der Waals surface area contributed by atoms with Crippen LogP contribution in [0.5, 0.6) is 0 Å². The van der Waals surface area contributed by atoms with E-state index in [9.17, 15) is 8.42 Å². The van der Waals surface area contributed by atoms with Crippen molar-refractivity contribution in [3.8, 4) is 6.07 Å². The van der Waals surface area contributed by atoms with E-state index in [1.165, 1.54) is 22.5 Å². The fraction of sp³-hybridized carbons (Fsp3) is 0.364. The van der Waals surface area contributed by atoms with Crippen molar-refractivity contribution >= 4 is 21.6 Å². The molecule has 0 unspecified atom stereocenters. The van der Waals surface area contributed by atoms with Gasteiger partial charge in [0.1, 0.15) is 4.90 Å². The summed E-state index contributed by atoms with van der Waals surface area (Å²) in [6.45, 7) is 1.40. The second-order valence-electron chi connectivity index (χ2n) is 3.77. The molecule has 1 saturated heterocycles. The summed E-state index contributed by atoms with van der Waals surface area (Å²) in [5.41, 5.74) is 0.334. The first kappa shape index (κ1) is 13.3. The molecule has 1 fully saturated rings. The second kappa shape index (κ2) is 5.24. The molecule has 18 heavy (non-hydrogen) atoms. The van der Waals surface area contributed by atoms with E-state index in [-0.39, 0.29) is 9.92 Å². The quantitative estimate of drug-likeness (QED) is 0.820. The number of hydrogen-bond acceptors (Lipinski definition) is 4. The molecule has 1 aliphatic rings. The normalized spacial score (nSPS) is 17.3. The van der Waals surface area contributed by atoms with Crippen LogP contribution in [-0.2, 0) is 14.8 Å². The van der Waals surface area contributed by atoms with Gasteiger partial charge < -0.3 is 4.74 Å². The smallest absolute Gasteiger partial charge is 0.244 e. The zero-order valence-corrected chi connectivity index (χ0v) is 11.0. The molecule has 96 valence electrons. The molecule has 0 aromatic heterocycles. The van der Waals surface area contributed by atoms with Crippen LogP contribution in [0.2, 0.25) is 5.02 Å². The lowest BCUT2D eigenvalue weighted by Gasteiger charge is -2.26. The number of morpholine rings is 1. The largest absolute Gasteiger partial charge is 0.379 e. The minimum atomic E-state index is -3.61. The van der Waals surface area contributed by atoms with Crippen LogP contribution in [0.4, 0.5) is 0 Å². The fourth-order valence-electron chi connectivity index (χ4n) is 1.71. The Morgan fingerprint density at radius 3 is 2.56 bits per heavy atom. The molecule has 0 amide bonds. The van der Waals surface area contributed by atoms with Gasteiger partial charge in [0.25, 0.3) is 0 Å².